The largest absolute Gasteiger partial charge is 0.492 e. The molecular weight excluding hydrogens is 386 g/mol. The molecule has 0 saturated carbocycles. The van der Waals surface area contributed by atoms with Gasteiger partial charge in [-0.25, -0.2) is 5.11 Å². The lowest BCUT2D eigenvalue weighted by Gasteiger charge is -2.27. The summed E-state index contributed by atoms with van der Waals surface area (Å²) in [5.74, 6) is 0.0874. The van der Waals surface area contributed by atoms with Crippen LogP contribution < -0.4 is 14.2 Å². The second-order valence-electron chi connectivity index (χ2n) is 6.72. The van der Waals surface area contributed by atoms with Crippen molar-refractivity contribution in [3.05, 3.63) is 81.9 Å². The summed E-state index contributed by atoms with van der Waals surface area (Å²) in [4.78, 5) is 11.6. The maximum Gasteiger partial charge on any atom is 0.322 e. The first-order valence-electron chi connectivity index (χ1n) is 9.20. The summed E-state index contributed by atoms with van der Waals surface area (Å²) in [6, 6.07) is 17.4. The predicted molar refractivity (Wildman–Crippen MR) is 112 cm³/mol. The SMILES string of the molecule is COc1c(OC)c(-c2ccccc2)c(C(C)([O])c2ccccc2)c([N+](=O)[O-])c1OC. The molecule has 3 aromatic carbocycles. The van der Waals surface area contributed by atoms with Gasteiger partial charge in [-0.3, -0.25) is 10.1 Å². The maximum atomic E-state index is 14.1. The molecule has 0 aromatic heterocycles. The monoisotopic (exact) mass is 408 g/mol. The number of nitro groups is 1. The molecule has 30 heavy (non-hydrogen) atoms. The molecule has 0 N–H and O–H groups in total. The Bertz CT molecular complexity index is 1050. The second kappa shape index (κ2) is 8.42. The normalized spacial score (nSPS) is 12.7. The van der Waals surface area contributed by atoms with Gasteiger partial charge < -0.3 is 14.2 Å². The Labute approximate surface area is 174 Å². The van der Waals surface area contributed by atoms with Gasteiger partial charge in [-0.15, -0.1) is 0 Å². The van der Waals surface area contributed by atoms with E-state index in [1.807, 2.05) is 6.07 Å². The van der Waals surface area contributed by atoms with Crippen LogP contribution in [0.15, 0.2) is 60.7 Å². The smallest absolute Gasteiger partial charge is 0.322 e. The Morgan fingerprint density at radius 3 is 1.77 bits per heavy atom. The number of ether oxygens (including phenoxy) is 3. The van der Waals surface area contributed by atoms with Gasteiger partial charge in [0.2, 0.25) is 11.5 Å². The van der Waals surface area contributed by atoms with E-state index < -0.39 is 16.2 Å². The minimum absolute atomic E-state index is 0.0539. The fraction of sp³-hybridized carbons (Fsp3) is 0.217. The van der Waals surface area contributed by atoms with Gasteiger partial charge in [0, 0.05) is 5.56 Å². The first-order valence-corrected chi connectivity index (χ1v) is 9.20. The van der Waals surface area contributed by atoms with Gasteiger partial charge in [0.1, 0.15) is 0 Å². The number of nitrogens with zero attached hydrogens (tertiary/aromatic N) is 1. The molecule has 0 aliphatic heterocycles. The van der Waals surface area contributed by atoms with Crippen LogP contribution in [0.3, 0.4) is 0 Å². The quantitative estimate of drug-likeness (QED) is 0.406. The highest BCUT2D eigenvalue weighted by Crippen LogP contribution is 2.56. The molecule has 0 amide bonds. The average molecular weight is 408 g/mol. The van der Waals surface area contributed by atoms with Gasteiger partial charge in [-0.2, -0.15) is 0 Å². The Morgan fingerprint density at radius 1 is 0.800 bits per heavy atom. The Balaban J connectivity index is 2.58. The van der Waals surface area contributed by atoms with Gasteiger partial charge in [-0.05, 0) is 18.1 Å². The summed E-state index contributed by atoms with van der Waals surface area (Å²) >= 11 is 0. The predicted octanol–water partition coefficient (Wildman–Crippen LogP) is 4.98. The van der Waals surface area contributed by atoms with E-state index in [4.69, 9.17) is 14.2 Å². The Morgan fingerprint density at radius 2 is 1.30 bits per heavy atom. The Hall–Kier alpha value is -3.58. The average Bonchev–Trinajstić information content (AvgIpc) is 2.77. The van der Waals surface area contributed by atoms with E-state index in [1.54, 1.807) is 54.6 Å². The zero-order chi connectivity index (χ0) is 21.9. The van der Waals surface area contributed by atoms with Crippen molar-refractivity contribution in [3.8, 4) is 28.4 Å². The third kappa shape index (κ3) is 3.44. The summed E-state index contributed by atoms with van der Waals surface area (Å²) in [7, 11) is 4.08. The molecule has 0 heterocycles. The third-order valence-electron chi connectivity index (χ3n) is 5.00. The number of hydrogen-bond acceptors (Lipinski definition) is 5. The zero-order valence-corrected chi connectivity index (χ0v) is 17.2. The summed E-state index contributed by atoms with van der Waals surface area (Å²) in [5.41, 5.74) is -1.23. The second-order valence-corrected chi connectivity index (χ2v) is 6.72. The molecule has 7 heteroatoms. The van der Waals surface area contributed by atoms with Crippen LogP contribution in [0.4, 0.5) is 5.69 Å². The van der Waals surface area contributed by atoms with E-state index in [-0.39, 0.29) is 22.8 Å². The van der Waals surface area contributed by atoms with Crippen LogP contribution in [0.1, 0.15) is 18.1 Å². The summed E-state index contributed by atoms with van der Waals surface area (Å²) in [5, 5.41) is 26.3. The molecule has 7 nitrogen and oxygen atoms in total. The maximum absolute atomic E-state index is 14.1. The van der Waals surface area contributed by atoms with Crippen molar-refractivity contribution in [2.45, 2.75) is 12.5 Å². The van der Waals surface area contributed by atoms with Crippen LogP contribution in [0, 0.1) is 10.1 Å². The molecule has 1 atom stereocenters. The van der Waals surface area contributed by atoms with Crippen molar-refractivity contribution >= 4 is 5.69 Å². The lowest BCUT2D eigenvalue weighted by atomic mass is 9.81. The summed E-state index contributed by atoms with van der Waals surface area (Å²) < 4.78 is 16.4. The van der Waals surface area contributed by atoms with E-state index >= 15 is 0 Å². The van der Waals surface area contributed by atoms with Crippen molar-refractivity contribution in [2.75, 3.05) is 21.3 Å². The van der Waals surface area contributed by atoms with E-state index in [1.165, 1.54) is 28.3 Å². The van der Waals surface area contributed by atoms with E-state index in [0.717, 1.165) is 0 Å². The number of hydrogen-bond donors (Lipinski definition) is 0. The molecule has 3 rings (SSSR count). The Kier molecular flexibility index (Phi) is 5.94. The fourth-order valence-electron chi connectivity index (χ4n) is 3.66. The van der Waals surface area contributed by atoms with Crippen molar-refractivity contribution in [3.63, 3.8) is 0 Å². The number of benzene rings is 3. The van der Waals surface area contributed by atoms with Gasteiger partial charge in [0.15, 0.2) is 11.4 Å². The molecule has 0 spiro atoms. The van der Waals surface area contributed by atoms with Crippen LogP contribution in [0.2, 0.25) is 0 Å². The minimum Gasteiger partial charge on any atom is -0.492 e. The highest BCUT2D eigenvalue weighted by molar-refractivity contribution is 5.87. The first kappa shape index (κ1) is 21.1. The molecule has 1 radical (unpaired) electrons. The zero-order valence-electron chi connectivity index (χ0n) is 17.2. The van der Waals surface area contributed by atoms with E-state index in [0.29, 0.717) is 16.7 Å². The van der Waals surface area contributed by atoms with Gasteiger partial charge in [0.25, 0.3) is 0 Å². The fourth-order valence-corrected chi connectivity index (χ4v) is 3.66. The van der Waals surface area contributed by atoms with Crippen LogP contribution in [0.5, 0.6) is 17.2 Å². The van der Waals surface area contributed by atoms with Crippen LogP contribution in [0.25, 0.3) is 11.1 Å². The van der Waals surface area contributed by atoms with Gasteiger partial charge in [-0.1, -0.05) is 60.7 Å². The number of methoxy groups -OCH3 is 3. The van der Waals surface area contributed by atoms with Crippen molar-refractivity contribution in [2.24, 2.45) is 0 Å². The van der Waals surface area contributed by atoms with Crippen molar-refractivity contribution in [1.29, 1.82) is 0 Å². The molecule has 0 aliphatic rings. The minimum atomic E-state index is -1.98. The molecule has 155 valence electrons. The summed E-state index contributed by atoms with van der Waals surface area (Å²) in [6.45, 7) is 1.41. The summed E-state index contributed by atoms with van der Waals surface area (Å²) in [6.07, 6.45) is 0. The van der Waals surface area contributed by atoms with Crippen LogP contribution in [-0.2, 0) is 10.7 Å². The lowest BCUT2D eigenvalue weighted by molar-refractivity contribution is -0.387. The molecule has 0 fully saturated rings. The lowest BCUT2D eigenvalue weighted by Crippen LogP contribution is -2.24. The standard InChI is InChI=1S/C23H22NO6/c1-23(25,16-13-9-6-10-14-16)18-17(15-11-7-5-8-12-15)20(28-2)22(30-4)21(29-3)19(18)24(26)27/h5-14H,1-4H3. The first-order chi connectivity index (χ1) is 14.4. The highest BCUT2D eigenvalue weighted by Gasteiger charge is 2.44. The molecule has 0 aliphatic carbocycles. The molecular formula is C23H22NO6. The van der Waals surface area contributed by atoms with Crippen LogP contribution in [-0.4, -0.2) is 26.3 Å². The topological polar surface area (TPSA) is 90.7 Å². The van der Waals surface area contributed by atoms with Gasteiger partial charge in [0.05, 0.1) is 31.8 Å². The number of rotatable bonds is 7. The molecule has 3 aromatic rings. The van der Waals surface area contributed by atoms with E-state index in [2.05, 4.69) is 0 Å². The van der Waals surface area contributed by atoms with Crippen LogP contribution >= 0.6 is 0 Å². The van der Waals surface area contributed by atoms with E-state index in [9.17, 15) is 15.2 Å². The number of nitro benzene ring substituents is 1. The van der Waals surface area contributed by atoms with Gasteiger partial charge >= 0.3 is 5.69 Å². The highest BCUT2D eigenvalue weighted by atomic mass is 16.6. The third-order valence-corrected chi connectivity index (χ3v) is 5.00. The van der Waals surface area contributed by atoms with Crippen molar-refractivity contribution in [1.82, 2.24) is 0 Å². The molecule has 0 bridgehead atoms. The molecule has 1 unspecified atom stereocenters. The molecule has 0 saturated heterocycles. The van der Waals surface area contributed by atoms with Crippen molar-refractivity contribution < 1.29 is 24.2 Å².